The third kappa shape index (κ3) is 3.27. The summed E-state index contributed by atoms with van der Waals surface area (Å²) in [6.07, 6.45) is 6.20. The Labute approximate surface area is 189 Å². The van der Waals surface area contributed by atoms with Gasteiger partial charge in [-0.25, -0.2) is 0 Å². The Morgan fingerprint density at radius 2 is 1.88 bits per heavy atom. The van der Waals surface area contributed by atoms with Gasteiger partial charge in [-0.1, -0.05) is 12.1 Å². The summed E-state index contributed by atoms with van der Waals surface area (Å²) in [5.74, 6) is 0.283. The van der Waals surface area contributed by atoms with Crippen molar-refractivity contribution in [3.8, 4) is 11.5 Å². The van der Waals surface area contributed by atoms with E-state index >= 15 is 0 Å². The maximum Gasteiger partial charge on any atom is 0.259 e. The number of carbonyl (C=O) groups excluding carboxylic acids is 3. The molecule has 33 heavy (non-hydrogen) atoms. The molecule has 1 unspecified atom stereocenters. The highest BCUT2D eigenvalue weighted by atomic mass is 16.5. The van der Waals surface area contributed by atoms with Crippen LogP contribution in [0.5, 0.6) is 11.5 Å². The van der Waals surface area contributed by atoms with Gasteiger partial charge in [-0.05, 0) is 50.6 Å². The molecule has 9 heteroatoms. The van der Waals surface area contributed by atoms with Gasteiger partial charge in [-0.3, -0.25) is 29.3 Å². The van der Waals surface area contributed by atoms with Crippen LogP contribution in [-0.2, 0) is 9.59 Å². The van der Waals surface area contributed by atoms with Gasteiger partial charge in [0.15, 0.2) is 5.75 Å². The maximum atomic E-state index is 13.3. The fraction of sp³-hybridized carbons (Fsp3) is 0.333. The van der Waals surface area contributed by atoms with Crippen molar-refractivity contribution in [3.63, 3.8) is 0 Å². The van der Waals surface area contributed by atoms with Gasteiger partial charge >= 0.3 is 0 Å². The first-order chi connectivity index (χ1) is 16.1. The molecule has 4 heterocycles. The molecule has 0 radical (unpaired) electrons. The lowest BCUT2D eigenvalue weighted by Crippen LogP contribution is -2.53. The van der Waals surface area contributed by atoms with Crippen molar-refractivity contribution in [2.45, 2.75) is 37.8 Å². The molecule has 9 nitrogen and oxygen atoms in total. The first-order valence-corrected chi connectivity index (χ1v) is 11.3. The number of piperidine rings is 2. The van der Waals surface area contributed by atoms with Crippen LogP contribution in [0.2, 0.25) is 0 Å². The van der Waals surface area contributed by atoms with Gasteiger partial charge in [0, 0.05) is 22.8 Å². The highest BCUT2D eigenvalue weighted by Crippen LogP contribution is 2.44. The zero-order valence-corrected chi connectivity index (χ0v) is 17.9. The van der Waals surface area contributed by atoms with E-state index in [-0.39, 0.29) is 18.2 Å². The van der Waals surface area contributed by atoms with Gasteiger partial charge in [0.1, 0.15) is 11.8 Å². The number of amides is 3. The summed E-state index contributed by atoms with van der Waals surface area (Å²) in [5, 5.41) is 11.8. The van der Waals surface area contributed by atoms with Crippen LogP contribution < -0.4 is 20.3 Å². The number of carbonyl (C=O) groups is 3. The summed E-state index contributed by atoms with van der Waals surface area (Å²) in [6.45, 7) is 1.96. The molecule has 2 aromatic carbocycles. The number of hydrogen-bond acceptors (Lipinski definition) is 6. The van der Waals surface area contributed by atoms with Crippen LogP contribution in [0.25, 0.3) is 10.8 Å². The van der Waals surface area contributed by atoms with Crippen molar-refractivity contribution in [1.29, 1.82) is 0 Å². The van der Waals surface area contributed by atoms with Crippen LogP contribution >= 0.6 is 0 Å². The van der Waals surface area contributed by atoms with Gasteiger partial charge in [0.25, 0.3) is 5.91 Å². The lowest BCUT2D eigenvalue weighted by atomic mass is 10.0. The van der Waals surface area contributed by atoms with Crippen molar-refractivity contribution in [2.24, 2.45) is 0 Å². The summed E-state index contributed by atoms with van der Waals surface area (Å²) in [4.78, 5) is 38.8. The first-order valence-electron chi connectivity index (χ1n) is 11.3. The summed E-state index contributed by atoms with van der Waals surface area (Å²) in [6, 6.07) is 8.78. The second-order valence-corrected chi connectivity index (χ2v) is 8.69. The minimum absolute atomic E-state index is 0.210. The molecule has 3 aliphatic rings. The number of imide groups is 1. The molecule has 1 aromatic heterocycles. The Morgan fingerprint density at radius 1 is 1.03 bits per heavy atom. The molecule has 2 saturated heterocycles. The van der Waals surface area contributed by atoms with Gasteiger partial charge in [0.05, 0.1) is 24.1 Å². The quantitative estimate of drug-likeness (QED) is 0.598. The standard InChI is InChI=1S/C24H23N5O4/c30-21-7-5-19(23(31)27-21)29-18-4-6-20(16-2-1-3-17(22(16)18)24(29)32)33-15-12-26-28(13-15)14-8-10-25-11-9-14/h1-4,6,12-14,19,25H,5,7-11H2,(H,27,30,31). The average molecular weight is 445 g/mol. The van der Waals surface area contributed by atoms with Gasteiger partial charge in [-0.15, -0.1) is 0 Å². The van der Waals surface area contributed by atoms with Crippen molar-refractivity contribution in [3.05, 3.63) is 48.3 Å². The summed E-state index contributed by atoms with van der Waals surface area (Å²) < 4.78 is 8.16. The number of anilines is 1. The number of benzene rings is 2. The van der Waals surface area contributed by atoms with Crippen LogP contribution in [-0.4, -0.2) is 46.6 Å². The second-order valence-electron chi connectivity index (χ2n) is 8.69. The lowest BCUT2D eigenvalue weighted by molar-refractivity contribution is -0.134. The minimum Gasteiger partial charge on any atom is -0.453 e. The molecule has 168 valence electrons. The van der Waals surface area contributed by atoms with Crippen molar-refractivity contribution in [1.82, 2.24) is 20.4 Å². The molecule has 2 N–H and O–H groups in total. The summed E-state index contributed by atoms with van der Waals surface area (Å²) in [5.41, 5.74) is 1.20. The topological polar surface area (TPSA) is 106 Å². The van der Waals surface area contributed by atoms with Crippen LogP contribution in [0.4, 0.5) is 5.69 Å². The van der Waals surface area contributed by atoms with E-state index in [1.165, 1.54) is 4.90 Å². The Hall–Kier alpha value is -3.72. The Balaban J connectivity index is 1.34. The fourth-order valence-corrected chi connectivity index (χ4v) is 5.08. The predicted octanol–water partition coefficient (Wildman–Crippen LogP) is 2.52. The molecule has 0 spiro atoms. The smallest absolute Gasteiger partial charge is 0.259 e. The lowest BCUT2D eigenvalue weighted by Gasteiger charge is -2.30. The first kappa shape index (κ1) is 19.9. The van der Waals surface area contributed by atoms with E-state index in [2.05, 4.69) is 15.7 Å². The second kappa shape index (κ2) is 7.70. The van der Waals surface area contributed by atoms with Crippen LogP contribution in [0.1, 0.15) is 42.1 Å². The van der Waals surface area contributed by atoms with E-state index in [0.29, 0.717) is 35.2 Å². The molecular weight excluding hydrogens is 422 g/mol. The monoisotopic (exact) mass is 445 g/mol. The minimum atomic E-state index is -0.708. The largest absolute Gasteiger partial charge is 0.453 e. The summed E-state index contributed by atoms with van der Waals surface area (Å²) >= 11 is 0. The van der Waals surface area contributed by atoms with E-state index in [1.54, 1.807) is 12.3 Å². The zero-order chi connectivity index (χ0) is 22.5. The highest BCUT2D eigenvalue weighted by molar-refractivity contribution is 6.27. The van der Waals surface area contributed by atoms with Crippen molar-refractivity contribution < 1.29 is 19.1 Å². The molecule has 0 saturated carbocycles. The van der Waals surface area contributed by atoms with E-state index in [9.17, 15) is 14.4 Å². The zero-order valence-electron chi connectivity index (χ0n) is 17.9. The predicted molar refractivity (Wildman–Crippen MR) is 120 cm³/mol. The molecule has 0 aliphatic carbocycles. The number of nitrogens with one attached hydrogen (secondary N) is 2. The van der Waals surface area contributed by atoms with Crippen molar-refractivity contribution in [2.75, 3.05) is 18.0 Å². The molecular formula is C24H23N5O4. The molecule has 6 rings (SSSR count). The van der Waals surface area contributed by atoms with E-state index < -0.39 is 11.9 Å². The van der Waals surface area contributed by atoms with E-state index in [4.69, 9.17) is 4.74 Å². The Morgan fingerprint density at radius 3 is 2.70 bits per heavy atom. The number of aromatic nitrogens is 2. The third-order valence-electron chi connectivity index (χ3n) is 6.70. The SMILES string of the molecule is O=C1CCC(N2C(=O)c3cccc4c(Oc5cnn(C6CCNCC6)c5)ccc2c34)C(=O)N1. The molecule has 2 fully saturated rings. The number of ether oxygens (including phenoxy) is 1. The Kier molecular flexibility index (Phi) is 4.65. The molecule has 1 atom stereocenters. The maximum absolute atomic E-state index is 13.3. The Bertz CT molecular complexity index is 1290. The van der Waals surface area contributed by atoms with Crippen LogP contribution in [0.15, 0.2) is 42.7 Å². The van der Waals surface area contributed by atoms with E-state index in [0.717, 1.165) is 36.7 Å². The van der Waals surface area contributed by atoms with Crippen LogP contribution in [0.3, 0.4) is 0 Å². The fourth-order valence-electron chi connectivity index (χ4n) is 5.08. The molecule has 3 aromatic rings. The number of rotatable bonds is 4. The molecule has 3 amide bonds. The average Bonchev–Trinajstić information content (AvgIpc) is 3.41. The number of hydrogen-bond donors (Lipinski definition) is 2. The normalized spacial score (nSPS) is 21.0. The van der Waals surface area contributed by atoms with Gasteiger partial charge in [-0.2, -0.15) is 5.10 Å². The molecule has 3 aliphatic heterocycles. The highest BCUT2D eigenvalue weighted by Gasteiger charge is 2.41. The van der Waals surface area contributed by atoms with Crippen LogP contribution in [0, 0.1) is 0 Å². The third-order valence-corrected chi connectivity index (χ3v) is 6.70. The summed E-state index contributed by atoms with van der Waals surface area (Å²) in [7, 11) is 0. The van der Waals surface area contributed by atoms with Gasteiger partial charge in [0.2, 0.25) is 11.8 Å². The number of nitrogens with zero attached hydrogens (tertiary/aromatic N) is 3. The van der Waals surface area contributed by atoms with Gasteiger partial charge < -0.3 is 10.1 Å². The van der Waals surface area contributed by atoms with Crippen molar-refractivity contribution >= 4 is 34.2 Å². The molecule has 0 bridgehead atoms. The van der Waals surface area contributed by atoms with E-state index in [1.807, 2.05) is 35.1 Å².